The highest BCUT2D eigenvalue weighted by molar-refractivity contribution is 6.52. The van der Waals surface area contributed by atoms with Crippen molar-refractivity contribution in [3.8, 4) is 5.75 Å². The average Bonchev–Trinajstić information content (AvgIpc) is 3.08. The second-order valence-electron chi connectivity index (χ2n) is 6.12. The zero-order valence-electron chi connectivity index (χ0n) is 15.6. The zero-order chi connectivity index (χ0) is 20.1. The number of amides is 1. The van der Waals surface area contributed by atoms with Gasteiger partial charge in [-0.25, -0.2) is 4.99 Å². The molecule has 0 atom stereocenters. The Kier molecular flexibility index (Phi) is 6.16. The molecule has 1 heterocycles. The number of primary amides is 1. The fraction of sp³-hybridized carbons (Fsp3) is 0.150. The van der Waals surface area contributed by atoms with Gasteiger partial charge in [-0.1, -0.05) is 48.2 Å². The molecule has 1 amide bonds. The van der Waals surface area contributed by atoms with Gasteiger partial charge in [-0.05, 0) is 23.8 Å². The maximum absolute atomic E-state index is 12.0. The summed E-state index contributed by atoms with van der Waals surface area (Å²) in [6, 6.07) is 13.1. The zero-order valence-corrected chi connectivity index (χ0v) is 16.3. The Morgan fingerprint density at radius 2 is 2.18 bits per heavy atom. The summed E-state index contributed by atoms with van der Waals surface area (Å²) in [5.74, 6) is 0.308. The number of nitrogens with zero attached hydrogens (tertiary/aromatic N) is 2. The number of benzene rings is 2. The third-order valence-electron chi connectivity index (χ3n) is 4.25. The molecule has 141 valence electrons. The number of ether oxygens (including phenoxy) is 1. The van der Waals surface area contributed by atoms with Crippen molar-refractivity contribution in [1.29, 1.82) is 0 Å². The molecule has 3 aromatic rings. The highest BCUT2D eigenvalue weighted by Gasteiger charge is 2.18. The molecule has 6 nitrogen and oxygen atoms in total. The monoisotopic (exact) mass is 393 g/mol. The van der Waals surface area contributed by atoms with Crippen molar-refractivity contribution in [1.82, 2.24) is 10.2 Å². The van der Waals surface area contributed by atoms with Gasteiger partial charge in [0, 0.05) is 23.2 Å². The van der Waals surface area contributed by atoms with E-state index in [4.69, 9.17) is 22.1 Å². The van der Waals surface area contributed by atoms with Gasteiger partial charge in [0.15, 0.2) is 5.82 Å². The highest BCUT2D eigenvalue weighted by Crippen LogP contribution is 2.23. The van der Waals surface area contributed by atoms with Crippen LogP contribution in [0.25, 0.3) is 0 Å². The number of carbonyl (C=O) groups is 1. The van der Waals surface area contributed by atoms with Crippen LogP contribution in [-0.4, -0.2) is 36.7 Å². The van der Waals surface area contributed by atoms with Crippen molar-refractivity contribution in [2.45, 2.75) is 13.2 Å². The van der Waals surface area contributed by atoms with Crippen LogP contribution in [0.15, 0.2) is 47.5 Å². The number of aromatic nitrogens is 2. The van der Waals surface area contributed by atoms with Crippen LogP contribution < -0.4 is 15.9 Å². The van der Waals surface area contributed by atoms with E-state index >= 15 is 0 Å². The second-order valence-corrected chi connectivity index (χ2v) is 6.56. The fourth-order valence-electron chi connectivity index (χ4n) is 2.86. The van der Waals surface area contributed by atoms with Crippen LogP contribution in [0, 0.1) is 0 Å². The van der Waals surface area contributed by atoms with Crippen LogP contribution in [0.4, 0.5) is 5.82 Å². The minimum Gasteiger partial charge on any atom is -0.496 e. The summed E-state index contributed by atoms with van der Waals surface area (Å²) in [4.78, 5) is 16.4. The van der Waals surface area contributed by atoms with Gasteiger partial charge in [-0.15, -0.1) is 0 Å². The minimum absolute atomic E-state index is 0.234. The number of carbonyl (C=O) groups excluding carboxylic acids is 1. The number of H-pyrrole nitrogens is 1. The Balaban J connectivity index is 1.94. The van der Waals surface area contributed by atoms with Crippen molar-refractivity contribution in [3.05, 3.63) is 69.9 Å². The molecule has 0 saturated carbocycles. The molecule has 0 bridgehead atoms. The van der Waals surface area contributed by atoms with Crippen LogP contribution in [0.5, 0.6) is 5.75 Å². The molecule has 2 aromatic carbocycles. The molecule has 1 aromatic heterocycles. The van der Waals surface area contributed by atoms with Crippen molar-refractivity contribution in [3.63, 3.8) is 0 Å². The lowest BCUT2D eigenvalue weighted by molar-refractivity contribution is 0.100. The first-order valence-corrected chi connectivity index (χ1v) is 9.02. The predicted octanol–water partition coefficient (Wildman–Crippen LogP) is 2.89. The van der Waals surface area contributed by atoms with E-state index in [1.807, 2.05) is 50.5 Å². The molecule has 0 unspecified atom stereocenters. The van der Waals surface area contributed by atoms with Gasteiger partial charge in [-0.3, -0.25) is 9.89 Å². The van der Waals surface area contributed by atoms with Gasteiger partial charge in [0.1, 0.15) is 18.6 Å². The summed E-state index contributed by atoms with van der Waals surface area (Å²) >= 11 is 6.03. The lowest BCUT2D eigenvalue weighted by Gasteiger charge is -2.06. The van der Waals surface area contributed by atoms with Gasteiger partial charge in [0.05, 0.1) is 12.8 Å². The van der Waals surface area contributed by atoms with E-state index in [0.29, 0.717) is 22.9 Å². The Labute approximate surface area is 169 Å². The van der Waals surface area contributed by atoms with Gasteiger partial charge in [0.25, 0.3) is 5.91 Å². The number of hydrogen-bond acceptors (Lipinski definition) is 4. The Hall–Kier alpha value is -3.06. The quantitative estimate of drug-likeness (QED) is 0.477. The fourth-order valence-corrected chi connectivity index (χ4v) is 3.08. The summed E-state index contributed by atoms with van der Waals surface area (Å²) in [6.45, 7) is 1.95. The van der Waals surface area contributed by atoms with E-state index < -0.39 is 5.91 Å². The number of hydrogen-bond donors (Lipinski definition) is 2. The smallest absolute Gasteiger partial charge is 0.254 e. The molecule has 0 saturated heterocycles. The number of aromatic amines is 1. The summed E-state index contributed by atoms with van der Waals surface area (Å²) in [5, 5.41) is 7.65. The summed E-state index contributed by atoms with van der Waals surface area (Å²) in [5.41, 5.74) is 9.16. The van der Waals surface area contributed by atoms with Gasteiger partial charge in [-0.2, -0.15) is 5.10 Å². The topological polar surface area (TPSA) is 93.4 Å². The third-order valence-corrected chi connectivity index (χ3v) is 4.49. The molecule has 3 N–H and O–H groups in total. The third kappa shape index (κ3) is 4.43. The van der Waals surface area contributed by atoms with Crippen LogP contribution in [-0.2, 0) is 6.42 Å². The van der Waals surface area contributed by atoms with Gasteiger partial charge < -0.3 is 10.5 Å². The lowest BCUT2D eigenvalue weighted by Crippen LogP contribution is -2.13. The molecule has 8 heteroatoms. The van der Waals surface area contributed by atoms with E-state index in [-0.39, 0.29) is 11.4 Å². The number of aliphatic imine (C=N–C) groups is 1. The van der Waals surface area contributed by atoms with E-state index in [1.165, 1.54) is 0 Å². The van der Waals surface area contributed by atoms with E-state index in [0.717, 1.165) is 16.6 Å². The molecular weight excluding hydrogens is 375 g/mol. The Morgan fingerprint density at radius 1 is 1.36 bits per heavy atom. The predicted molar refractivity (Wildman–Crippen MR) is 113 cm³/mol. The van der Waals surface area contributed by atoms with Crippen LogP contribution in [0.3, 0.4) is 0 Å². The molecule has 1 radical (unpaired) electrons. The van der Waals surface area contributed by atoms with E-state index in [2.05, 4.69) is 15.2 Å². The first kappa shape index (κ1) is 19.7. The molecule has 0 spiro atoms. The molecule has 3 rings (SSSR count). The van der Waals surface area contributed by atoms with Crippen molar-refractivity contribution >= 4 is 42.3 Å². The van der Waals surface area contributed by atoms with Crippen molar-refractivity contribution in [2.24, 2.45) is 10.7 Å². The van der Waals surface area contributed by atoms with Crippen LogP contribution in [0.2, 0.25) is 11.8 Å². The first-order valence-electron chi connectivity index (χ1n) is 8.64. The summed E-state index contributed by atoms with van der Waals surface area (Å²) in [6.07, 6.45) is 2.04. The second kappa shape index (κ2) is 8.76. The van der Waals surface area contributed by atoms with Crippen LogP contribution >= 0.6 is 11.6 Å². The van der Waals surface area contributed by atoms with Gasteiger partial charge >= 0.3 is 0 Å². The maximum Gasteiger partial charge on any atom is 0.254 e. The van der Waals surface area contributed by atoms with Crippen molar-refractivity contribution in [2.75, 3.05) is 7.11 Å². The largest absolute Gasteiger partial charge is 0.496 e. The first-order chi connectivity index (χ1) is 13.5. The summed E-state index contributed by atoms with van der Waals surface area (Å²) < 4.78 is 5.37. The molecule has 0 aliphatic heterocycles. The highest BCUT2D eigenvalue weighted by atomic mass is 35.5. The number of halogens is 1. The maximum atomic E-state index is 12.0. The van der Waals surface area contributed by atoms with E-state index in [9.17, 15) is 4.79 Å². The normalized spacial score (nSPS) is 11.0. The number of nitrogens with one attached hydrogen (secondary N) is 1. The SMILES string of the molecule is C[B]c1ccc(OC)c(C=Nc2n[nH]c(Cc3cccc(Cl)c3)c2C(N)=O)c1. The van der Waals surface area contributed by atoms with E-state index in [1.54, 1.807) is 19.4 Å². The molecule has 0 fully saturated rings. The minimum atomic E-state index is -0.597. The lowest BCUT2D eigenvalue weighted by atomic mass is 9.73. The number of rotatable bonds is 7. The molecule has 0 aliphatic rings. The average molecular weight is 394 g/mol. The molecule has 28 heavy (non-hydrogen) atoms. The van der Waals surface area contributed by atoms with Crippen LogP contribution in [0.1, 0.15) is 27.2 Å². The Morgan fingerprint density at radius 3 is 2.86 bits per heavy atom. The van der Waals surface area contributed by atoms with Gasteiger partial charge in [0.2, 0.25) is 0 Å². The Bertz CT molecular complexity index is 1030. The summed E-state index contributed by atoms with van der Waals surface area (Å²) in [7, 11) is 3.57. The molecular formula is C20H19BClN4O2. The van der Waals surface area contributed by atoms with Crippen molar-refractivity contribution < 1.29 is 9.53 Å². The standard InChI is InChI=1S/C20H19BClN4O2/c1-21-14-6-7-17(28-2)13(10-14)11-24-20-18(19(23)27)16(25-26-20)9-12-4-3-5-15(22)8-12/h3-8,10-11H,9H2,1-2H3,(H2,23,27)(H,25,26). The molecule has 0 aliphatic carbocycles. The number of methoxy groups -OCH3 is 1. The number of nitrogens with two attached hydrogens (primary N) is 1.